The van der Waals surface area contributed by atoms with Crippen molar-refractivity contribution < 1.29 is 14.3 Å². The molecule has 1 amide bonds. The Morgan fingerprint density at radius 3 is 3.12 bits per heavy atom. The number of hydrogen-bond donors (Lipinski definition) is 1. The van der Waals surface area contributed by atoms with E-state index in [0.29, 0.717) is 23.1 Å². The van der Waals surface area contributed by atoms with Gasteiger partial charge in [-0.15, -0.1) is 0 Å². The molecule has 6 nitrogen and oxygen atoms in total. The number of aromatic nitrogens is 2. The fraction of sp³-hybridized carbons (Fsp3) is 0.412. The highest BCUT2D eigenvalue weighted by Gasteiger charge is 2.17. The average Bonchev–Trinajstić information content (AvgIpc) is 3.18. The van der Waals surface area contributed by atoms with Crippen molar-refractivity contribution in [3.05, 3.63) is 41.2 Å². The van der Waals surface area contributed by atoms with Crippen molar-refractivity contribution in [2.45, 2.75) is 32.4 Å². The maximum atomic E-state index is 12.2. The highest BCUT2D eigenvalue weighted by atomic mass is 35.5. The predicted octanol–water partition coefficient (Wildman–Crippen LogP) is 3.04. The van der Waals surface area contributed by atoms with Crippen LogP contribution in [0.4, 0.5) is 5.69 Å². The Kier molecular flexibility index (Phi) is 5.37. The van der Waals surface area contributed by atoms with Gasteiger partial charge < -0.3 is 14.8 Å². The lowest BCUT2D eigenvalue weighted by atomic mass is 10.2. The van der Waals surface area contributed by atoms with Gasteiger partial charge in [0.05, 0.1) is 18.0 Å². The summed E-state index contributed by atoms with van der Waals surface area (Å²) in [4.78, 5) is 12.2. The first-order chi connectivity index (χ1) is 11.6. The molecule has 1 saturated heterocycles. The van der Waals surface area contributed by atoms with E-state index in [0.717, 1.165) is 25.0 Å². The Hall–Kier alpha value is -2.05. The highest BCUT2D eigenvalue weighted by molar-refractivity contribution is 6.31. The summed E-state index contributed by atoms with van der Waals surface area (Å²) in [5, 5.41) is 7.47. The van der Waals surface area contributed by atoms with Gasteiger partial charge in [0.1, 0.15) is 18.9 Å². The van der Waals surface area contributed by atoms with Crippen molar-refractivity contribution in [3.63, 3.8) is 0 Å². The third-order valence-electron chi connectivity index (χ3n) is 3.73. The molecule has 1 aliphatic rings. The molecular weight excluding hydrogens is 330 g/mol. The molecule has 0 saturated carbocycles. The minimum Gasteiger partial charge on any atom is -0.489 e. The summed E-state index contributed by atoms with van der Waals surface area (Å²) in [5.41, 5.74) is 1.56. The lowest BCUT2D eigenvalue weighted by Gasteiger charge is -2.15. The fourth-order valence-electron chi connectivity index (χ4n) is 2.57. The van der Waals surface area contributed by atoms with Crippen molar-refractivity contribution >= 4 is 23.2 Å². The minimum atomic E-state index is -0.192. The Labute approximate surface area is 145 Å². The van der Waals surface area contributed by atoms with Gasteiger partial charge in [0.15, 0.2) is 0 Å². The topological polar surface area (TPSA) is 65.4 Å². The molecular formula is C17H20ClN3O3. The summed E-state index contributed by atoms with van der Waals surface area (Å²) in [7, 11) is 0. The summed E-state index contributed by atoms with van der Waals surface area (Å²) in [6.45, 7) is 3.30. The van der Waals surface area contributed by atoms with Crippen LogP contribution in [0.1, 0.15) is 18.4 Å². The van der Waals surface area contributed by atoms with Crippen LogP contribution in [0.15, 0.2) is 30.6 Å². The third-order valence-corrected chi connectivity index (χ3v) is 3.97. The number of aryl methyl sites for hydroxylation is 1. The molecule has 1 aromatic heterocycles. The molecule has 0 spiro atoms. The van der Waals surface area contributed by atoms with Crippen LogP contribution < -0.4 is 10.1 Å². The number of ether oxygens (including phenoxy) is 2. The molecule has 3 rings (SSSR count). The Bertz CT molecular complexity index is 711. The van der Waals surface area contributed by atoms with Crippen LogP contribution in [0.5, 0.6) is 5.75 Å². The number of nitrogens with zero attached hydrogens (tertiary/aromatic N) is 2. The maximum absolute atomic E-state index is 12.2. The van der Waals surface area contributed by atoms with E-state index < -0.39 is 0 Å². The second-order valence-corrected chi connectivity index (χ2v) is 6.29. The molecule has 7 heteroatoms. The fourth-order valence-corrected chi connectivity index (χ4v) is 2.75. The van der Waals surface area contributed by atoms with Crippen LogP contribution in [0.3, 0.4) is 0 Å². The predicted molar refractivity (Wildman–Crippen MR) is 91.5 cm³/mol. The zero-order valence-corrected chi connectivity index (χ0v) is 14.3. The van der Waals surface area contributed by atoms with Gasteiger partial charge >= 0.3 is 0 Å². The number of halogens is 1. The Morgan fingerprint density at radius 2 is 2.42 bits per heavy atom. The quantitative estimate of drug-likeness (QED) is 0.870. The maximum Gasteiger partial charge on any atom is 0.246 e. The first-order valence-electron chi connectivity index (χ1n) is 7.93. The summed E-state index contributed by atoms with van der Waals surface area (Å²) in [6, 6.07) is 5.17. The van der Waals surface area contributed by atoms with E-state index >= 15 is 0 Å². The molecule has 128 valence electrons. The molecule has 1 aliphatic heterocycles. The molecule has 1 atom stereocenters. The molecule has 0 unspecified atom stereocenters. The molecule has 1 N–H and O–H groups in total. The smallest absolute Gasteiger partial charge is 0.246 e. The SMILES string of the molecule is Cc1cnn(CC(=O)Nc2cc(Cl)ccc2OC[C@@H]2CCCO2)c1. The van der Waals surface area contributed by atoms with Crippen molar-refractivity contribution in [1.29, 1.82) is 0 Å². The van der Waals surface area contributed by atoms with Crippen LogP contribution in [-0.4, -0.2) is 35.0 Å². The van der Waals surface area contributed by atoms with Gasteiger partial charge in [-0.1, -0.05) is 11.6 Å². The summed E-state index contributed by atoms with van der Waals surface area (Å²) < 4.78 is 12.9. The van der Waals surface area contributed by atoms with Crippen LogP contribution >= 0.6 is 11.6 Å². The molecule has 24 heavy (non-hydrogen) atoms. The lowest BCUT2D eigenvalue weighted by Crippen LogP contribution is -2.21. The van der Waals surface area contributed by atoms with Crippen molar-refractivity contribution in [2.75, 3.05) is 18.5 Å². The van der Waals surface area contributed by atoms with Crippen LogP contribution in [0.25, 0.3) is 0 Å². The number of carbonyl (C=O) groups excluding carboxylic acids is 1. The number of benzene rings is 1. The Balaban J connectivity index is 1.64. The van der Waals surface area contributed by atoms with Gasteiger partial charge in [-0.2, -0.15) is 5.10 Å². The molecule has 2 heterocycles. The average molecular weight is 350 g/mol. The normalized spacial score (nSPS) is 17.0. The first-order valence-corrected chi connectivity index (χ1v) is 8.31. The minimum absolute atomic E-state index is 0.108. The molecule has 1 aromatic carbocycles. The highest BCUT2D eigenvalue weighted by Crippen LogP contribution is 2.29. The van der Waals surface area contributed by atoms with Gasteiger partial charge in [-0.3, -0.25) is 9.48 Å². The number of rotatable bonds is 6. The molecule has 1 fully saturated rings. The lowest BCUT2D eigenvalue weighted by molar-refractivity contribution is -0.116. The van der Waals surface area contributed by atoms with Crippen molar-refractivity contribution in [1.82, 2.24) is 9.78 Å². The van der Waals surface area contributed by atoms with E-state index in [-0.39, 0.29) is 18.6 Å². The van der Waals surface area contributed by atoms with Crippen molar-refractivity contribution in [3.8, 4) is 5.75 Å². The van der Waals surface area contributed by atoms with Gasteiger partial charge in [0.2, 0.25) is 5.91 Å². The van der Waals surface area contributed by atoms with Gasteiger partial charge in [0.25, 0.3) is 0 Å². The van der Waals surface area contributed by atoms with Crippen LogP contribution in [-0.2, 0) is 16.1 Å². The van der Waals surface area contributed by atoms with Crippen LogP contribution in [0.2, 0.25) is 5.02 Å². The molecule has 0 bridgehead atoms. The second-order valence-electron chi connectivity index (χ2n) is 5.85. The monoisotopic (exact) mass is 349 g/mol. The number of anilines is 1. The van der Waals surface area contributed by atoms with E-state index in [1.807, 2.05) is 13.1 Å². The van der Waals surface area contributed by atoms with E-state index in [2.05, 4.69) is 10.4 Å². The number of hydrogen-bond acceptors (Lipinski definition) is 4. The Morgan fingerprint density at radius 1 is 1.54 bits per heavy atom. The summed E-state index contributed by atoms with van der Waals surface area (Å²) >= 11 is 6.04. The number of amides is 1. The van der Waals surface area contributed by atoms with E-state index in [9.17, 15) is 4.79 Å². The van der Waals surface area contributed by atoms with Gasteiger partial charge in [0, 0.05) is 17.8 Å². The van der Waals surface area contributed by atoms with E-state index in [4.69, 9.17) is 21.1 Å². The zero-order chi connectivity index (χ0) is 16.9. The number of carbonyl (C=O) groups is 1. The largest absolute Gasteiger partial charge is 0.489 e. The zero-order valence-electron chi connectivity index (χ0n) is 13.5. The summed E-state index contributed by atoms with van der Waals surface area (Å²) in [5.74, 6) is 0.391. The van der Waals surface area contributed by atoms with Gasteiger partial charge in [-0.05, 0) is 43.5 Å². The molecule has 2 aromatic rings. The third kappa shape index (κ3) is 4.49. The molecule has 0 aliphatic carbocycles. The first kappa shape index (κ1) is 16.8. The van der Waals surface area contributed by atoms with Crippen LogP contribution in [0, 0.1) is 6.92 Å². The summed E-state index contributed by atoms with van der Waals surface area (Å²) in [6.07, 6.45) is 5.68. The van der Waals surface area contributed by atoms with E-state index in [1.54, 1.807) is 29.1 Å². The number of nitrogens with one attached hydrogen (secondary N) is 1. The van der Waals surface area contributed by atoms with Gasteiger partial charge in [-0.25, -0.2) is 0 Å². The second kappa shape index (κ2) is 7.68. The molecule has 0 radical (unpaired) electrons. The standard InChI is InChI=1S/C17H20ClN3O3/c1-12-8-19-21(9-12)10-17(22)20-15-7-13(18)4-5-16(15)24-11-14-3-2-6-23-14/h4-5,7-9,14H,2-3,6,10-11H2,1H3,(H,20,22)/t14-/m0/s1. The van der Waals surface area contributed by atoms with E-state index in [1.165, 1.54) is 0 Å². The van der Waals surface area contributed by atoms with Crippen molar-refractivity contribution in [2.24, 2.45) is 0 Å².